The van der Waals surface area contributed by atoms with Crippen molar-refractivity contribution in [3.05, 3.63) is 35.9 Å². The molecule has 0 bridgehead atoms. The van der Waals surface area contributed by atoms with Gasteiger partial charge in [0.15, 0.2) is 0 Å². The van der Waals surface area contributed by atoms with Gasteiger partial charge in [0.2, 0.25) is 0 Å². The molecule has 1 aliphatic heterocycles. The van der Waals surface area contributed by atoms with Gasteiger partial charge >= 0.3 is 12.1 Å². The lowest BCUT2D eigenvalue weighted by Crippen LogP contribution is -2.50. The van der Waals surface area contributed by atoms with Crippen LogP contribution in [-0.4, -0.2) is 59.2 Å². The van der Waals surface area contributed by atoms with Crippen molar-refractivity contribution in [2.24, 2.45) is 0 Å². The zero-order chi connectivity index (χ0) is 17.4. The number of likely N-dealkylation sites (N-methyl/N-ethyl adjacent to an activating group) is 1. The molecule has 1 atom stereocenters. The first kappa shape index (κ1) is 18.3. The highest BCUT2D eigenvalue weighted by Gasteiger charge is 2.29. The molecule has 6 nitrogen and oxygen atoms in total. The predicted octanol–water partition coefficient (Wildman–Crippen LogP) is 2.58. The van der Waals surface area contributed by atoms with E-state index in [2.05, 4.69) is 0 Å². The first-order chi connectivity index (χ1) is 11.6. The summed E-state index contributed by atoms with van der Waals surface area (Å²) in [6.45, 7) is 4.08. The van der Waals surface area contributed by atoms with Gasteiger partial charge in [0, 0.05) is 19.1 Å². The van der Waals surface area contributed by atoms with Gasteiger partial charge in [-0.2, -0.15) is 0 Å². The summed E-state index contributed by atoms with van der Waals surface area (Å²) in [5, 5.41) is 8.98. The van der Waals surface area contributed by atoms with Gasteiger partial charge < -0.3 is 14.7 Å². The fourth-order valence-electron chi connectivity index (χ4n) is 3.03. The first-order valence-corrected chi connectivity index (χ1v) is 8.51. The summed E-state index contributed by atoms with van der Waals surface area (Å²) in [6, 6.07) is 9.62. The van der Waals surface area contributed by atoms with E-state index in [1.807, 2.05) is 42.2 Å². The molecule has 1 N–H and O–H groups in total. The van der Waals surface area contributed by atoms with Gasteiger partial charge in [0.25, 0.3) is 0 Å². The molecule has 1 aliphatic rings. The highest BCUT2D eigenvalue weighted by Crippen LogP contribution is 2.19. The number of carboxylic acid groups (broad SMARTS) is 1. The van der Waals surface area contributed by atoms with Crippen molar-refractivity contribution in [2.45, 2.75) is 38.8 Å². The van der Waals surface area contributed by atoms with E-state index >= 15 is 0 Å². The van der Waals surface area contributed by atoms with Crippen molar-refractivity contribution in [3.63, 3.8) is 0 Å². The van der Waals surface area contributed by atoms with Gasteiger partial charge in [-0.3, -0.25) is 9.69 Å². The number of carboxylic acids is 1. The van der Waals surface area contributed by atoms with Crippen molar-refractivity contribution < 1.29 is 19.4 Å². The van der Waals surface area contributed by atoms with Crippen LogP contribution in [0.15, 0.2) is 30.3 Å². The Morgan fingerprint density at radius 2 is 2.04 bits per heavy atom. The van der Waals surface area contributed by atoms with Gasteiger partial charge in [-0.05, 0) is 31.4 Å². The molecule has 1 saturated heterocycles. The average molecular weight is 334 g/mol. The molecule has 0 saturated carbocycles. The van der Waals surface area contributed by atoms with Crippen LogP contribution in [0.4, 0.5) is 4.79 Å². The van der Waals surface area contributed by atoms with Crippen molar-refractivity contribution in [3.8, 4) is 0 Å². The van der Waals surface area contributed by atoms with Gasteiger partial charge in [-0.25, -0.2) is 4.79 Å². The summed E-state index contributed by atoms with van der Waals surface area (Å²) < 4.78 is 5.45. The van der Waals surface area contributed by atoms with Crippen molar-refractivity contribution in [1.29, 1.82) is 0 Å². The van der Waals surface area contributed by atoms with Crippen LogP contribution in [0.25, 0.3) is 0 Å². The quantitative estimate of drug-likeness (QED) is 0.830. The van der Waals surface area contributed by atoms with E-state index in [9.17, 15) is 9.59 Å². The maximum atomic E-state index is 12.4. The molecule has 0 aromatic heterocycles. The number of piperidine rings is 1. The largest absolute Gasteiger partial charge is 0.480 e. The maximum Gasteiger partial charge on any atom is 0.410 e. The summed E-state index contributed by atoms with van der Waals surface area (Å²) in [5.41, 5.74) is 0.959. The summed E-state index contributed by atoms with van der Waals surface area (Å²) in [6.07, 6.45) is 2.59. The third kappa shape index (κ3) is 5.53. The molecule has 6 heteroatoms. The molecular weight excluding hydrogens is 308 g/mol. The lowest BCUT2D eigenvalue weighted by molar-refractivity contribution is -0.138. The lowest BCUT2D eigenvalue weighted by Gasteiger charge is -2.37. The van der Waals surface area contributed by atoms with E-state index in [4.69, 9.17) is 9.84 Å². The normalized spacial score (nSPS) is 17.8. The molecule has 1 heterocycles. The summed E-state index contributed by atoms with van der Waals surface area (Å²) in [7, 11) is 0. The zero-order valence-corrected chi connectivity index (χ0v) is 14.2. The Bertz CT molecular complexity index is 535. The van der Waals surface area contributed by atoms with Crippen LogP contribution in [0.2, 0.25) is 0 Å². The number of likely N-dealkylation sites (tertiary alicyclic amines) is 1. The summed E-state index contributed by atoms with van der Waals surface area (Å²) >= 11 is 0. The minimum absolute atomic E-state index is 0.0000963. The van der Waals surface area contributed by atoms with Crippen LogP contribution in [0.5, 0.6) is 0 Å². The van der Waals surface area contributed by atoms with Crippen LogP contribution < -0.4 is 0 Å². The second-order valence-corrected chi connectivity index (χ2v) is 6.10. The van der Waals surface area contributed by atoms with Crippen molar-refractivity contribution >= 4 is 12.1 Å². The summed E-state index contributed by atoms with van der Waals surface area (Å²) in [4.78, 5) is 27.0. The predicted molar refractivity (Wildman–Crippen MR) is 90.7 cm³/mol. The Labute approximate surface area is 143 Å². The number of hydrogen-bond acceptors (Lipinski definition) is 4. The maximum absolute atomic E-state index is 12.4. The standard InChI is InChI=1S/C18H26N2O4/c1-2-19(13-17(21)22)12-16-10-6-7-11-20(16)18(23)24-14-15-8-4-3-5-9-15/h3-5,8-9,16H,2,6-7,10-14H2,1H3,(H,21,22)/t16-/m0/s1. The molecule has 1 aromatic rings. The van der Waals surface area contributed by atoms with Crippen molar-refractivity contribution in [2.75, 3.05) is 26.2 Å². The molecule has 24 heavy (non-hydrogen) atoms. The Morgan fingerprint density at radius 1 is 1.29 bits per heavy atom. The van der Waals surface area contributed by atoms with Gasteiger partial charge in [-0.1, -0.05) is 37.3 Å². The van der Waals surface area contributed by atoms with E-state index in [1.54, 1.807) is 4.90 Å². The topological polar surface area (TPSA) is 70.1 Å². The van der Waals surface area contributed by atoms with E-state index in [-0.39, 0.29) is 25.3 Å². The minimum Gasteiger partial charge on any atom is -0.480 e. The number of hydrogen-bond donors (Lipinski definition) is 1. The van der Waals surface area contributed by atoms with Crippen LogP contribution >= 0.6 is 0 Å². The molecule has 2 rings (SSSR count). The molecule has 132 valence electrons. The number of carbonyl (C=O) groups is 2. The monoisotopic (exact) mass is 334 g/mol. The van der Waals surface area contributed by atoms with Crippen LogP contribution in [0.3, 0.4) is 0 Å². The van der Waals surface area contributed by atoms with E-state index in [1.165, 1.54) is 0 Å². The number of carbonyl (C=O) groups excluding carboxylic acids is 1. The second-order valence-electron chi connectivity index (χ2n) is 6.10. The smallest absolute Gasteiger partial charge is 0.410 e. The summed E-state index contributed by atoms with van der Waals surface area (Å²) in [5.74, 6) is -0.842. The first-order valence-electron chi connectivity index (χ1n) is 8.51. The molecular formula is C18H26N2O4. The highest BCUT2D eigenvalue weighted by molar-refractivity contribution is 5.69. The molecule has 1 fully saturated rings. The molecule has 0 spiro atoms. The third-order valence-corrected chi connectivity index (χ3v) is 4.34. The number of ether oxygens (including phenoxy) is 1. The highest BCUT2D eigenvalue weighted by atomic mass is 16.6. The average Bonchev–Trinajstić information content (AvgIpc) is 2.60. The molecule has 1 aromatic carbocycles. The molecule has 1 amide bonds. The molecule has 0 radical (unpaired) electrons. The Morgan fingerprint density at radius 3 is 2.71 bits per heavy atom. The molecule has 0 unspecified atom stereocenters. The van der Waals surface area contributed by atoms with Crippen molar-refractivity contribution in [1.82, 2.24) is 9.80 Å². The van der Waals surface area contributed by atoms with Crippen LogP contribution in [0, 0.1) is 0 Å². The van der Waals surface area contributed by atoms with E-state index < -0.39 is 5.97 Å². The molecule has 0 aliphatic carbocycles. The van der Waals surface area contributed by atoms with E-state index in [0.29, 0.717) is 19.6 Å². The van der Waals surface area contributed by atoms with Crippen LogP contribution in [0.1, 0.15) is 31.7 Å². The third-order valence-electron chi connectivity index (χ3n) is 4.34. The van der Waals surface area contributed by atoms with Gasteiger partial charge in [-0.15, -0.1) is 0 Å². The zero-order valence-electron chi connectivity index (χ0n) is 14.2. The number of nitrogens with zero attached hydrogens (tertiary/aromatic N) is 2. The van der Waals surface area contributed by atoms with E-state index in [0.717, 1.165) is 24.8 Å². The number of benzene rings is 1. The van der Waals surface area contributed by atoms with Crippen LogP contribution in [-0.2, 0) is 16.1 Å². The second kappa shape index (κ2) is 9.27. The fourth-order valence-corrected chi connectivity index (χ4v) is 3.03. The van der Waals surface area contributed by atoms with Gasteiger partial charge in [0.1, 0.15) is 6.61 Å². The number of amides is 1. The Kier molecular flexibility index (Phi) is 7.06. The minimum atomic E-state index is -0.842. The Hall–Kier alpha value is -2.08. The number of rotatable bonds is 7. The lowest BCUT2D eigenvalue weighted by atomic mass is 10.0. The fraction of sp³-hybridized carbons (Fsp3) is 0.556. The SMILES string of the molecule is CCN(CC(=O)O)C[C@@H]1CCCCN1C(=O)OCc1ccccc1. The number of aliphatic carboxylic acids is 1. The van der Waals surface area contributed by atoms with Gasteiger partial charge in [0.05, 0.1) is 6.54 Å². The Balaban J connectivity index is 1.92.